The molecule has 4 aromatic rings. The van der Waals surface area contributed by atoms with Gasteiger partial charge in [0.25, 0.3) is 5.91 Å². The zero-order valence-corrected chi connectivity index (χ0v) is 22.3. The van der Waals surface area contributed by atoms with Gasteiger partial charge in [-0.2, -0.15) is 0 Å². The first-order chi connectivity index (χ1) is 17.7. The van der Waals surface area contributed by atoms with Gasteiger partial charge >= 0.3 is 0 Å². The number of benzene rings is 3. The molecule has 192 valence electrons. The van der Waals surface area contributed by atoms with Crippen LogP contribution < -0.4 is 5.32 Å². The van der Waals surface area contributed by atoms with Gasteiger partial charge in [0, 0.05) is 30.1 Å². The molecule has 1 aliphatic carbocycles. The predicted octanol–water partition coefficient (Wildman–Crippen LogP) is 6.39. The average Bonchev–Trinajstić information content (AvgIpc) is 3.65. The summed E-state index contributed by atoms with van der Waals surface area (Å²) in [6.07, 6.45) is 2.86. The number of carbonyl (C=O) groups is 1. The maximum atomic E-state index is 13.6. The Kier molecular flexibility index (Phi) is 6.86. The van der Waals surface area contributed by atoms with Gasteiger partial charge in [0.15, 0.2) is 9.84 Å². The molecule has 1 heterocycles. The molecule has 0 bridgehead atoms. The van der Waals surface area contributed by atoms with E-state index in [1.807, 2.05) is 25.1 Å². The van der Waals surface area contributed by atoms with Crippen molar-refractivity contribution in [3.63, 3.8) is 0 Å². The molecule has 1 saturated carbocycles. The summed E-state index contributed by atoms with van der Waals surface area (Å²) in [5, 5.41) is 4.20. The molecule has 0 radical (unpaired) electrons. The largest absolute Gasteiger partial charge is 0.348 e. The highest BCUT2D eigenvalue weighted by molar-refractivity contribution is 7.91. The van der Waals surface area contributed by atoms with Crippen LogP contribution in [0.25, 0.3) is 10.9 Å². The number of aryl methyl sites for hydroxylation is 1. The number of nitrogens with one attached hydrogen (secondary N) is 1. The van der Waals surface area contributed by atoms with Crippen molar-refractivity contribution in [3.8, 4) is 0 Å². The van der Waals surface area contributed by atoms with Gasteiger partial charge in [0.1, 0.15) is 5.82 Å². The van der Waals surface area contributed by atoms with E-state index in [0.29, 0.717) is 23.0 Å². The smallest absolute Gasteiger partial charge is 0.253 e. The monoisotopic (exact) mass is 538 g/mol. The molecular weight excluding hydrogens is 511 g/mol. The fourth-order valence-corrected chi connectivity index (χ4v) is 5.82. The number of hydrogen-bond acceptors (Lipinski definition) is 3. The summed E-state index contributed by atoms with van der Waals surface area (Å²) >= 11 is 6.59. The fourth-order valence-electron chi connectivity index (χ4n) is 4.69. The second-order valence-electron chi connectivity index (χ2n) is 9.61. The number of sulfone groups is 1. The van der Waals surface area contributed by atoms with Gasteiger partial charge in [-0.15, -0.1) is 0 Å². The van der Waals surface area contributed by atoms with Crippen molar-refractivity contribution in [1.82, 2.24) is 9.88 Å². The topological polar surface area (TPSA) is 68.2 Å². The van der Waals surface area contributed by atoms with Gasteiger partial charge < -0.3 is 9.88 Å². The molecule has 1 aliphatic rings. The minimum atomic E-state index is -3.27. The van der Waals surface area contributed by atoms with E-state index in [4.69, 9.17) is 11.6 Å². The maximum Gasteiger partial charge on any atom is 0.253 e. The number of halogens is 2. The first kappa shape index (κ1) is 25.5. The minimum Gasteiger partial charge on any atom is -0.348 e. The number of nitrogens with zero attached hydrogens (tertiary/aromatic N) is 1. The summed E-state index contributed by atoms with van der Waals surface area (Å²) in [5.41, 5.74) is 5.25. The van der Waals surface area contributed by atoms with E-state index in [0.717, 1.165) is 46.1 Å². The zero-order chi connectivity index (χ0) is 26.3. The molecule has 37 heavy (non-hydrogen) atoms. The van der Waals surface area contributed by atoms with E-state index in [9.17, 15) is 17.6 Å². The van der Waals surface area contributed by atoms with Crippen molar-refractivity contribution in [3.05, 3.63) is 99.5 Å². The van der Waals surface area contributed by atoms with Crippen molar-refractivity contribution >= 4 is 38.2 Å². The van der Waals surface area contributed by atoms with E-state index in [1.165, 1.54) is 6.07 Å². The van der Waals surface area contributed by atoms with Gasteiger partial charge in [-0.25, -0.2) is 12.8 Å². The molecule has 1 fully saturated rings. The van der Waals surface area contributed by atoms with Crippen molar-refractivity contribution in [2.24, 2.45) is 0 Å². The van der Waals surface area contributed by atoms with Crippen LogP contribution >= 0.6 is 11.6 Å². The van der Waals surface area contributed by atoms with Gasteiger partial charge in [-0.05, 0) is 78.9 Å². The van der Waals surface area contributed by atoms with E-state index >= 15 is 0 Å². The first-order valence-electron chi connectivity index (χ1n) is 12.3. The van der Waals surface area contributed by atoms with Crippen LogP contribution in [0.15, 0.2) is 65.6 Å². The van der Waals surface area contributed by atoms with Crippen LogP contribution in [0, 0.1) is 12.7 Å². The van der Waals surface area contributed by atoms with Gasteiger partial charge in [0.2, 0.25) is 0 Å². The van der Waals surface area contributed by atoms with Crippen molar-refractivity contribution < 1.29 is 17.6 Å². The molecule has 5 nitrogen and oxygen atoms in total. The Bertz CT molecular complexity index is 1610. The summed E-state index contributed by atoms with van der Waals surface area (Å²) in [5.74, 6) is -0.502. The lowest BCUT2D eigenvalue weighted by Crippen LogP contribution is -2.23. The molecule has 5 rings (SSSR count). The third-order valence-electron chi connectivity index (χ3n) is 6.96. The van der Waals surface area contributed by atoms with Crippen LogP contribution in [0.4, 0.5) is 4.39 Å². The van der Waals surface area contributed by atoms with E-state index in [2.05, 4.69) is 16.0 Å². The average molecular weight is 539 g/mol. The lowest BCUT2D eigenvalue weighted by atomic mass is 10.0. The summed E-state index contributed by atoms with van der Waals surface area (Å²) in [6.45, 7) is 3.77. The molecule has 0 spiro atoms. The van der Waals surface area contributed by atoms with E-state index in [-0.39, 0.29) is 28.9 Å². The van der Waals surface area contributed by atoms with Gasteiger partial charge in [0.05, 0.1) is 26.8 Å². The Labute approximate surface area is 221 Å². The maximum absolute atomic E-state index is 13.6. The zero-order valence-electron chi connectivity index (χ0n) is 20.7. The van der Waals surface area contributed by atoms with Crippen LogP contribution in [-0.4, -0.2) is 24.6 Å². The molecule has 1 amide bonds. The SMILES string of the molecule is CCS(=O)(=O)c1ccc(CNC(=O)c2cc3cc(Cc4ccc(F)cc4C)n(C4CC4)c3cc2Cl)cc1. The highest BCUT2D eigenvalue weighted by Gasteiger charge is 2.28. The molecule has 3 aromatic carbocycles. The van der Waals surface area contributed by atoms with Crippen LogP contribution in [0.1, 0.15) is 58.5 Å². The number of rotatable bonds is 8. The molecule has 0 unspecified atom stereocenters. The second kappa shape index (κ2) is 9.95. The molecular formula is C29H28ClFN2O3S. The van der Waals surface area contributed by atoms with Crippen LogP contribution in [0.2, 0.25) is 5.02 Å². The number of hydrogen-bond donors (Lipinski definition) is 1. The molecule has 0 atom stereocenters. The van der Waals surface area contributed by atoms with Crippen LogP contribution in [0.5, 0.6) is 0 Å². The van der Waals surface area contributed by atoms with Gasteiger partial charge in [-0.1, -0.05) is 36.7 Å². The molecule has 1 N–H and O–H groups in total. The highest BCUT2D eigenvalue weighted by Crippen LogP contribution is 2.41. The Hall–Kier alpha value is -3.16. The highest BCUT2D eigenvalue weighted by atomic mass is 35.5. The van der Waals surface area contributed by atoms with Crippen molar-refractivity contribution in [2.75, 3.05) is 5.75 Å². The fraction of sp³-hybridized carbons (Fsp3) is 0.276. The molecule has 1 aromatic heterocycles. The van der Waals surface area contributed by atoms with Crippen molar-refractivity contribution in [1.29, 1.82) is 0 Å². The summed E-state index contributed by atoms with van der Waals surface area (Å²) in [4.78, 5) is 13.3. The number of amides is 1. The normalized spacial score (nSPS) is 13.7. The predicted molar refractivity (Wildman–Crippen MR) is 145 cm³/mol. The quantitative estimate of drug-likeness (QED) is 0.282. The van der Waals surface area contributed by atoms with E-state index < -0.39 is 9.84 Å². The number of fused-ring (bicyclic) bond motifs is 1. The Balaban J connectivity index is 1.39. The standard InChI is InChI=1S/C29H28ClFN2O3S/c1-3-37(35,36)25-10-4-19(5-11-25)17-32-29(34)26-15-21-14-24(13-20-6-7-22(31)12-18(20)2)33(23-8-9-23)28(21)16-27(26)30/h4-7,10-12,14-16,23H,3,8-9,13,17H2,1-2H3,(H,32,34). The van der Waals surface area contributed by atoms with E-state index in [1.54, 1.807) is 37.3 Å². The number of carbonyl (C=O) groups excluding carboxylic acids is 1. The lowest BCUT2D eigenvalue weighted by molar-refractivity contribution is 0.0951. The molecule has 0 aliphatic heterocycles. The third-order valence-corrected chi connectivity index (χ3v) is 9.02. The molecule has 0 saturated heterocycles. The second-order valence-corrected chi connectivity index (χ2v) is 12.3. The third kappa shape index (κ3) is 5.29. The Morgan fingerprint density at radius 1 is 1.08 bits per heavy atom. The summed E-state index contributed by atoms with van der Waals surface area (Å²) in [7, 11) is -3.27. The van der Waals surface area contributed by atoms with Crippen LogP contribution in [-0.2, 0) is 22.8 Å². The van der Waals surface area contributed by atoms with Crippen LogP contribution in [0.3, 0.4) is 0 Å². The number of aromatic nitrogens is 1. The Morgan fingerprint density at radius 3 is 2.46 bits per heavy atom. The van der Waals surface area contributed by atoms with Crippen molar-refractivity contribution in [2.45, 2.75) is 50.6 Å². The molecule has 8 heteroatoms. The Morgan fingerprint density at radius 2 is 1.81 bits per heavy atom. The first-order valence-corrected chi connectivity index (χ1v) is 14.4. The lowest BCUT2D eigenvalue weighted by Gasteiger charge is -2.12. The summed E-state index contributed by atoms with van der Waals surface area (Å²) < 4.78 is 39.9. The van der Waals surface area contributed by atoms with Gasteiger partial charge in [-0.3, -0.25) is 4.79 Å². The minimum absolute atomic E-state index is 0.0394. The summed E-state index contributed by atoms with van der Waals surface area (Å²) in [6, 6.07) is 17.6.